The monoisotopic (exact) mass is 313 g/mol. The molecule has 1 aliphatic rings. The molecule has 1 fully saturated rings. The third-order valence-corrected chi connectivity index (χ3v) is 4.36. The summed E-state index contributed by atoms with van der Waals surface area (Å²) in [4.78, 5) is 0. The van der Waals surface area contributed by atoms with E-state index in [2.05, 4.69) is 23.9 Å². The van der Waals surface area contributed by atoms with Gasteiger partial charge in [0.15, 0.2) is 0 Å². The van der Waals surface area contributed by atoms with Crippen molar-refractivity contribution in [3.8, 4) is 0 Å². The smallest absolute Gasteiger partial charge is 0.296 e. The van der Waals surface area contributed by atoms with E-state index in [4.69, 9.17) is 9.88 Å². The lowest BCUT2D eigenvalue weighted by atomic mass is 9.90. The van der Waals surface area contributed by atoms with E-state index in [0.717, 1.165) is 31.6 Å². The summed E-state index contributed by atoms with van der Waals surface area (Å²) in [5.74, 6) is 0. The number of nitrogens with two attached hydrogens (primary N) is 1. The average Bonchev–Trinajstić information content (AvgIpc) is 2.37. The Balaban J connectivity index is 2.04. The largest absolute Gasteiger partial charge is 0.382 e. The Morgan fingerprint density at radius 1 is 1.43 bits per heavy atom. The summed E-state index contributed by atoms with van der Waals surface area (Å²) < 4.78 is 30.2. The molecule has 0 aromatic heterocycles. The third-order valence-electron chi connectivity index (χ3n) is 3.84. The fraction of sp³-hybridized carbons (Fsp3) is 0.571. The van der Waals surface area contributed by atoms with E-state index in [1.165, 1.54) is 0 Å². The zero-order chi connectivity index (χ0) is 15.5. The average molecular weight is 313 g/mol. The van der Waals surface area contributed by atoms with Crippen molar-refractivity contribution >= 4 is 21.6 Å². The molecule has 0 amide bonds. The predicted molar refractivity (Wildman–Crippen MR) is 84.5 cm³/mol. The number of nitrogens with one attached hydrogen (secondary N) is 2. The first kappa shape index (κ1) is 16.1. The van der Waals surface area contributed by atoms with Crippen LogP contribution < -0.4 is 15.2 Å². The highest BCUT2D eigenvalue weighted by Crippen LogP contribution is 2.30. The van der Waals surface area contributed by atoms with Gasteiger partial charge >= 0.3 is 0 Å². The summed E-state index contributed by atoms with van der Waals surface area (Å²) in [6.45, 7) is 4.98. The van der Waals surface area contributed by atoms with Gasteiger partial charge in [-0.05, 0) is 44.4 Å². The van der Waals surface area contributed by atoms with Crippen molar-refractivity contribution in [2.24, 2.45) is 5.14 Å². The molecule has 1 heterocycles. The van der Waals surface area contributed by atoms with Gasteiger partial charge in [0.05, 0.1) is 11.3 Å². The van der Waals surface area contributed by atoms with Gasteiger partial charge in [-0.3, -0.25) is 4.72 Å². The van der Waals surface area contributed by atoms with Crippen LogP contribution in [0.4, 0.5) is 11.4 Å². The van der Waals surface area contributed by atoms with Crippen LogP contribution in [-0.2, 0) is 14.9 Å². The molecule has 118 valence electrons. The van der Waals surface area contributed by atoms with E-state index in [1.54, 1.807) is 18.2 Å². The zero-order valence-electron chi connectivity index (χ0n) is 12.4. The fourth-order valence-electron chi connectivity index (χ4n) is 2.57. The van der Waals surface area contributed by atoms with E-state index in [1.807, 2.05) is 6.07 Å². The van der Waals surface area contributed by atoms with Crippen LogP contribution >= 0.6 is 0 Å². The highest BCUT2D eigenvalue weighted by molar-refractivity contribution is 7.90. The van der Waals surface area contributed by atoms with Gasteiger partial charge in [-0.25, -0.2) is 5.14 Å². The van der Waals surface area contributed by atoms with Gasteiger partial charge in [-0.15, -0.1) is 0 Å². The molecular weight excluding hydrogens is 290 g/mol. The molecule has 0 radical (unpaired) electrons. The van der Waals surface area contributed by atoms with Crippen molar-refractivity contribution in [2.75, 3.05) is 16.6 Å². The minimum Gasteiger partial charge on any atom is -0.382 e. The highest BCUT2D eigenvalue weighted by atomic mass is 32.2. The van der Waals surface area contributed by atoms with E-state index < -0.39 is 10.2 Å². The number of hydrogen-bond acceptors (Lipinski definition) is 4. The minimum absolute atomic E-state index is 0.0909. The molecule has 2 unspecified atom stereocenters. The van der Waals surface area contributed by atoms with Crippen LogP contribution in [-0.4, -0.2) is 26.7 Å². The standard InChI is InChI=1S/C14H23N3O3S/c1-3-14(2)10-13(7-8-20-14)16-11-5-4-6-12(9-11)17-21(15,18)19/h4-6,9,13,16-17H,3,7-8,10H2,1-2H3,(H2,15,18,19). The number of hydrogen-bond donors (Lipinski definition) is 3. The lowest BCUT2D eigenvalue weighted by Crippen LogP contribution is -2.41. The van der Waals surface area contributed by atoms with Gasteiger partial charge in [-0.2, -0.15) is 8.42 Å². The summed E-state index contributed by atoms with van der Waals surface area (Å²) in [7, 11) is -3.75. The second kappa shape index (κ2) is 6.21. The van der Waals surface area contributed by atoms with Crippen molar-refractivity contribution in [1.29, 1.82) is 0 Å². The molecule has 1 aromatic carbocycles. The van der Waals surface area contributed by atoms with Gasteiger partial charge in [0, 0.05) is 18.3 Å². The van der Waals surface area contributed by atoms with E-state index in [9.17, 15) is 8.42 Å². The summed E-state index contributed by atoms with van der Waals surface area (Å²) in [5, 5.41) is 8.42. The third kappa shape index (κ3) is 4.87. The molecule has 1 aliphatic heterocycles. The maximum Gasteiger partial charge on any atom is 0.296 e. The molecule has 4 N–H and O–H groups in total. The summed E-state index contributed by atoms with van der Waals surface area (Å²) >= 11 is 0. The fourth-order valence-corrected chi connectivity index (χ4v) is 3.03. The second-order valence-corrected chi connectivity index (χ2v) is 7.01. The van der Waals surface area contributed by atoms with Gasteiger partial charge in [0.2, 0.25) is 0 Å². The maximum atomic E-state index is 11.1. The molecule has 2 rings (SSSR count). The Bertz CT molecular complexity index is 591. The summed E-state index contributed by atoms with van der Waals surface area (Å²) in [6.07, 6.45) is 2.83. The topological polar surface area (TPSA) is 93.5 Å². The van der Waals surface area contributed by atoms with Crippen molar-refractivity contribution in [3.05, 3.63) is 24.3 Å². The van der Waals surface area contributed by atoms with Crippen molar-refractivity contribution < 1.29 is 13.2 Å². The number of benzene rings is 1. The minimum atomic E-state index is -3.75. The first-order valence-corrected chi connectivity index (χ1v) is 8.65. The molecule has 0 bridgehead atoms. The first-order chi connectivity index (χ1) is 9.80. The molecule has 7 heteroatoms. The van der Waals surface area contributed by atoms with Crippen LogP contribution in [0.15, 0.2) is 24.3 Å². The van der Waals surface area contributed by atoms with Crippen molar-refractivity contribution in [1.82, 2.24) is 0 Å². The molecule has 1 saturated heterocycles. The van der Waals surface area contributed by atoms with Crippen LogP contribution in [0.3, 0.4) is 0 Å². The van der Waals surface area contributed by atoms with Gasteiger partial charge in [-0.1, -0.05) is 13.0 Å². The summed E-state index contributed by atoms with van der Waals surface area (Å²) in [6, 6.07) is 7.41. The normalized spacial score (nSPS) is 26.3. The Morgan fingerprint density at radius 3 is 2.81 bits per heavy atom. The Labute approximate surface area is 126 Å². The van der Waals surface area contributed by atoms with Gasteiger partial charge < -0.3 is 10.1 Å². The molecule has 6 nitrogen and oxygen atoms in total. The second-order valence-electron chi connectivity index (χ2n) is 5.71. The maximum absolute atomic E-state index is 11.1. The summed E-state index contributed by atoms with van der Waals surface area (Å²) in [5.41, 5.74) is 1.23. The van der Waals surface area contributed by atoms with Crippen LogP contribution in [0.2, 0.25) is 0 Å². The molecular formula is C14H23N3O3S. The Morgan fingerprint density at radius 2 is 2.14 bits per heavy atom. The molecule has 0 saturated carbocycles. The van der Waals surface area contributed by atoms with Crippen LogP contribution in [0.1, 0.15) is 33.1 Å². The van der Waals surface area contributed by atoms with Crippen LogP contribution in [0, 0.1) is 0 Å². The Hall–Kier alpha value is -1.31. The Kier molecular flexibility index (Phi) is 4.75. The molecule has 2 atom stereocenters. The molecule has 0 spiro atoms. The van der Waals surface area contributed by atoms with Crippen molar-refractivity contribution in [3.63, 3.8) is 0 Å². The molecule has 21 heavy (non-hydrogen) atoms. The quantitative estimate of drug-likeness (QED) is 0.775. The number of ether oxygens (including phenoxy) is 1. The number of anilines is 2. The van der Waals surface area contributed by atoms with E-state index in [0.29, 0.717) is 11.7 Å². The van der Waals surface area contributed by atoms with Gasteiger partial charge in [0.1, 0.15) is 0 Å². The molecule has 0 aliphatic carbocycles. The van der Waals surface area contributed by atoms with Crippen LogP contribution in [0.25, 0.3) is 0 Å². The predicted octanol–water partition coefficient (Wildman–Crippen LogP) is 2.06. The zero-order valence-corrected chi connectivity index (χ0v) is 13.2. The number of rotatable bonds is 5. The lowest BCUT2D eigenvalue weighted by molar-refractivity contribution is -0.0708. The van der Waals surface area contributed by atoms with E-state index >= 15 is 0 Å². The SMILES string of the molecule is CCC1(C)CC(Nc2cccc(NS(N)(=O)=O)c2)CCO1. The highest BCUT2D eigenvalue weighted by Gasteiger charge is 2.31. The van der Waals surface area contributed by atoms with Crippen LogP contribution in [0.5, 0.6) is 0 Å². The van der Waals surface area contributed by atoms with Gasteiger partial charge in [0.25, 0.3) is 10.2 Å². The van der Waals surface area contributed by atoms with E-state index in [-0.39, 0.29) is 5.60 Å². The lowest BCUT2D eigenvalue weighted by Gasteiger charge is -2.38. The van der Waals surface area contributed by atoms with Crippen molar-refractivity contribution in [2.45, 2.75) is 44.8 Å². The molecule has 1 aromatic rings. The first-order valence-electron chi connectivity index (χ1n) is 7.11.